The fraction of sp³-hybridized carbons (Fsp3) is 0.650. The summed E-state index contributed by atoms with van der Waals surface area (Å²) >= 11 is 0. The zero-order valence-electron chi connectivity index (χ0n) is 15.0. The molecule has 5 heteroatoms. The van der Waals surface area contributed by atoms with Gasteiger partial charge in [-0.2, -0.15) is 0 Å². The highest BCUT2D eigenvalue weighted by atomic mass is 19.3. The number of alkyl halides is 2. The van der Waals surface area contributed by atoms with E-state index in [2.05, 4.69) is 6.92 Å². The van der Waals surface area contributed by atoms with Gasteiger partial charge >= 0.3 is 0 Å². The van der Waals surface area contributed by atoms with Gasteiger partial charge in [0.15, 0.2) is 17.3 Å². The molecule has 1 aliphatic rings. The highest BCUT2D eigenvalue weighted by molar-refractivity contribution is 5.98. The molecule has 0 saturated heterocycles. The smallest absolute Gasteiger partial charge is 0.267 e. The molecule has 2 nitrogen and oxygen atoms in total. The molecule has 140 valence electrons. The summed E-state index contributed by atoms with van der Waals surface area (Å²) in [7, 11) is 0. The van der Waals surface area contributed by atoms with Crippen molar-refractivity contribution in [3.63, 3.8) is 0 Å². The molecule has 0 atom stereocenters. The average molecular weight is 356 g/mol. The number of ketones is 1. The maximum absolute atomic E-state index is 14.3. The predicted octanol–water partition coefficient (Wildman–Crippen LogP) is 6.34. The van der Waals surface area contributed by atoms with Gasteiger partial charge < -0.3 is 4.74 Å². The molecule has 25 heavy (non-hydrogen) atoms. The van der Waals surface area contributed by atoms with Crippen molar-refractivity contribution < 1.29 is 22.7 Å². The molecule has 0 N–H and O–H groups in total. The van der Waals surface area contributed by atoms with E-state index in [9.17, 15) is 18.0 Å². The Morgan fingerprint density at radius 2 is 1.80 bits per heavy atom. The third kappa shape index (κ3) is 4.99. The summed E-state index contributed by atoms with van der Waals surface area (Å²) in [6.45, 7) is 3.99. The molecule has 1 aromatic rings. The van der Waals surface area contributed by atoms with Crippen LogP contribution in [0, 0.1) is 17.7 Å². The van der Waals surface area contributed by atoms with E-state index in [0.717, 1.165) is 38.0 Å². The molecular formula is C20H27F3O2. The third-order valence-electron chi connectivity index (χ3n) is 5.10. The minimum absolute atomic E-state index is 0.174. The Morgan fingerprint density at radius 1 is 1.16 bits per heavy atom. The van der Waals surface area contributed by atoms with Gasteiger partial charge in [-0.05, 0) is 43.7 Å². The lowest BCUT2D eigenvalue weighted by atomic mass is 9.77. The van der Waals surface area contributed by atoms with Crippen molar-refractivity contribution in [1.82, 2.24) is 0 Å². The molecule has 0 aliphatic heterocycles. The largest absolute Gasteiger partial charge is 0.491 e. The fourth-order valence-electron chi connectivity index (χ4n) is 3.80. The van der Waals surface area contributed by atoms with Gasteiger partial charge in [-0.1, -0.05) is 32.6 Å². The number of rotatable bonds is 8. The summed E-state index contributed by atoms with van der Waals surface area (Å²) < 4.78 is 46.0. The molecular weight excluding hydrogens is 329 g/mol. The van der Waals surface area contributed by atoms with Gasteiger partial charge in [-0.25, -0.2) is 13.2 Å². The van der Waals surface area contributed by atoms with Crippen LogP contribution in [0.1, 0.15) is 81.1 Å². The van der Waals surface area contributed by atoms with E-state index in [1.807, 2.05) is 0 Å². The van der Waals surface area contributed by atoms with Crippen LogP contribution in [0.3, 0.4) is 0 Å². The Kier molecular flexibility index (Phi) is 7.33. The minimum Gasteiger partial charge on any atom is -0.491 e. The standard InChI is InChI=1S/C20H27F3O2/c1-3-5-13-6-8-14(9-7-13)12-16(24)15-10-11-17(25-4-2)19(21)18(15)20(22)23/h10-11,13-14,20H,3-9,12H2,1-2H3. The van der Waals surface area contributed by atoms with Crippen LogP contribution in [0.2, 0.25) is 0 Å². The third-order valence-corrected chi connectivity index (χ3v) is 5.10. The zero-order valence-corrected chi connectivity index (χ0v) is 15.0. The first-order chi connectivity index (χ1) is 12.0. The number of carbonyl (C=O) groups excluding carboxylic acids is 1. The first kappa shape index (κ1) is 19.8. The fourth-order valence-corrected chi connectivity index (χ4v) is 3.80. The molecule has 1 saturated carbocycles. The molecule has 0 heterocycles. The van der Waals surface area contributed by atoms with Crippen LogP contribution in [-0.4, -0.2) is 12.4 Å². The highest BCUT2D eigenvalue weighted by Gasteiger charge is 2.28. The van der Waals surface area contributed by atoms with E-state index >= 15 is 0 Å². The maximum atomic E-state index is 14.3. The van der Waals surface area contributed by atoms with Gasteiger partial charge in [0.05, 0.1) is 12.2 Å². The number of halogens is 3. The van der Waals surface area contributed by atoms with E-state index < -0.39 is 23.6 Å². The Balaban J connectivity index is 2.10. The number of hydrogen-bond donors (Lipinski definition) is 0. The average Bonchev–Trinajstić information content (AvgIpc) is 2.58. The summed E-state index contributed by atoms with van der Waals surface area (Å²) in [5, 5.41) is 0. The monoisotopic (exact) mass is 356 g/mol. The number of benzene rings is 1. The van der Waals surface area contributed by atoms with Crippen LogP contribution in [0.5, 0.6) is 5.75 Å². The topological polar surface area (TPSA) is 26.3 Å². The lowest BCUT2D eigenvalue weighted by Gasteiger charge is -2.28. The second-order valence-corrected chi connectivity index (χ2v) is 6.88. The number of ether oxygens (including phenoxy) is 1. The predicted molar refractivity (Wildman–Crippen MR) is 91.8 cm³/mol. The summed E-state index contributed by atoms with van der Waals surface area (Å²) in [6.07, 6.45) is 3.61. The number of carbonyl (C=O) groups is 1. The zero-order chi connectivity index (χ0) is 18.4. The number of hydrogen-bond acceptors (Lipinski definition) is 2. The van der Waals surface area contributed by atoms with Crippen LogP contribution in [0.15, 0.2) is 12.1 Å². The molecule has 1 aromatic carbocycles. The summed E-state index contributed by atoms with van der Waals surface area (Å²) in [4.78, 5) is 12.5. The lowest BCUT2D eigenvalue weighted by Crippen LogP contribution is -2.18. The molecule has 0 radical (unpaired) electrons. The number of Topliss-reactive ketones (excluding diaryl/α,β-unsaturated/α-hetero) is 1. The molecule has 0 bridgehead atoms. The van der Waals surface area contributed by atoms with Gasteiger partial charge in [-0.15, -0.1) is 0 Å². The SMILES string of the molecule is CCCC1CCC(CC(=O)c2ccc(OCC)c(F)c2C(F)F)CC1. The summed E-state index contributed by atoms with van der Waals surface area (Å²) in [6, 6.07) is 2.55. The quantitative estimate of drug-likeness (QED) is 0.508. The van der Waals surface area contributed by atoms with Crippen LogP contribution < -0.4 is 4.74 Å². The van der Waals surface area contributed by atoms with E-state index in [4.69, 9.17) is 4.74 Å². The van der Waals surface area contributed by atoms with Crippen LogP contribution in [-0.2, 0) is 0 Å². The molecule has 0 unspecified atom stereocenters. The molecule has 0 aromatic heterocycles. The van der Waals surface area contributed by atoms with E-state index in [-0.39, 0.29) is 30.3 Å². The molecule has 1 aliphatic carbocycles. The van der Waals surface area contributed by atoms with Gasteiger partial charge in [0.25, 0.3) is 6.43 Å². The normalized spacial score (nSPS) is 20.7. The van der Waals surface area contributed by atoms with Crippen molar-refractivity contribution in [2.24, 2.45) is 11.8 Å². The van der Waals surface area contributed by atoms with Gasteiger partial charge in [0, 0.05) is 12.0 Å². The molecule has 2 rings (SSSR count). The van der Waals surface area contributed by atoms with Gasteiger partial charge in [-0.3, -0.25) is 4.79 Å². The van der Waals surface area contributed by atoms with E-state index in [0.29, 0.717) is 0 Å². The van der Waals surface area contributed by atoms with Crippen LogP contribution in [0.25, 0.3) is 0 Å². The van der Waals surface area contributed by atoms with E-state index in [1.165, 1.54) is 18.6 Å². The Bertz CT molecular complexity index is 579. The highest BCUT2D eigenvalue weighted by Crippen LogP contribution is 2.36. The van der Waals surface area contributed by atoms with Crippen LogP contribution >= 0.6 is 0 Å². The van der Waals surface area contributed by atoms with Crippen molar-refractivity contribution in [1.29, 1.82) is 0 Å². The van der Waals surface area contributed by atoms with E-state index in [1.54, 1.807) is 6.92 Å². The molecule has 0 spiro atoms. The Hall–Kier alpha value is -1.52. The Morgan fingerprint density at radius 3 is 2.36 bits per heavy atom. The van der Waals surface area contributed by atoms with Gasteiger partial charge in [0.2, 0.25) is 0 Å². The van der Waals surface area contributed by atoms with Crippen molar-refractivity contribution >= 4 is 5.78 Å². The Labute approximate surface area is 147 Å². The van der Waals surface area contributed by atoms with Crippen molar-refractivity contribution in [2.75, 3.05) is 6.61 Å². The first-order valence-corrected chi connectivity index (χ1v) is 9.24. The second kappa shape index (κ2) is 9.25. The summed E-state index contributed by atoms with van der Waals surface area (Å²) in [5.74, 6) is -0.809. The minimum atomic E-state index is -3.04. The molecule has 1 fully saturated rings. The lowest BCUT2D eigenvalue weighted by molar-refractivity contribution is 0.0925. The van der Waals surface area contributed by atoms with Crippen molar-refractivity contribution in [2.45, 2.75) is 65.2 Å². The first-order valence-electron chi connectivity index (χ1n) is 9.24. The van der Waals surface area contributed by atoms with Gasteiger partial charge in [0.1, 0.15) is 0 Å². The molecule has 0 amide bonds. The van der Waals surface area contributed by atoms with Crippen molar-refractivity contribution in [3.05, 3.63) is 29.1 Å². The second-order valence-electron chi connectivity index (χ2n) is 6.88. The van der Waals surface area contributed by atoms with Crippen LogP contribution in [0.4, 0.5) is 13.2 Å². The maximum Gasteiger partial charge on any atom is 0.267 e. The summed E-state index contributed by atoms with van der Waals surface area (Å²) in [5.41, 5.74) is -1.03. The van der Waals surface area contributed by atoms with Crippen molar-refractivity contribution in [3.8, 4) is 5.75 Å².